The van der Waals surface area contributed by atoms with Crippen molar-refractivity contribution >= 4 is 35.3 Å². The van der Waals surface area contributed by atoms with E-state index in [9.17, 15) is 9.59 Å². The summed E-state index contributed by atoms with van der Waals surface area (Å²) in [5, 5.41) is 3.31. The summed E-state index contributed by atoms with van der Waals surface area (Å²) in [6.45, 7) is 4.64. The van der Waals surface area contributed by atoms with Crippen molar-refractivity contribution in [3.05, 3.63) is 0 Å². The van der Waals surface area contributed by atoms with E-state index in [1.165, 1.54) is 5.75 Å². The zero-order valence-electron chi connectivity index (χ0n) is 11.6. The molecule has 6 heteroatoms. The largest absolute Gasteiger partial charge is 0.343 e. The van der Waals surface area contributed by atoms with Crippen molar-refractivity contribution in [2.75, 3.05) is 23.8 Å². The van der Waals surface area contributed by atoms with Gasteiger partial charge in [-0.3, -0.25) is 9.59 Å². The molecule has 108 valence electrons. The highest BCUT2D eigenvalue weighted by Gasteiger charge is 2.39. The molecule has 0 spiro atoms. The molecule has 2 saturated heterocycles. The minimum atomic E-state index is -0.323. The summed E-state index contributed by atoms with van der Waals surface area (Å²) in [6, 6.07) is -0.598. The monoisotopic (exact) mass is 302 g/mol. The van der Waals surface area contributed by atoms with E-state index in [1.54, 1.807) is 0 Å². The number of piperazine rings is 1. The Morgan fingerprint density at radius 2 is 2.05 bits per heavy atom. The van der Waals surface area contributed by atoms with Crippen LogP contribution >= 0.6 is 23.5 Å². The van der Waals surface area contributed by atoms with Crippen LogP contribution in [0.3, 0.4) is 0 Å². The highest BCUT2D eigenvalue weighted by atomic mass is 32.2. The second-order valence-electron chi connectivity index (χ2n) is 4.95. The Hall–Kier alpha value is -0.360. The maximum absolute atomic E-state index is 12.4. The minimum absolute atomic E-state index is 0.0161. The number of amides is 2. The van der Waals surface area contributed by atoms with Crippen LogP contribution in [0.1, 0.15) is 26.7 Å². The van der Waals surface area contributed by atoms with Gasteiger partial charge in [-0.15, -0.1) is 0 Å². The molecule has 0 saturated carbocycles. The minimum Gasteiger partial charge on any atom is -0.343 e. The first-order valence-electron chi connectivity index (χ1n) is 6.97. The van der Waals surface area contributed by atoms with Crippen LogP contribution in [-0.4, -0.2) is 57.9 Å². The highest BCUT2D eigenvalue weighted by molar-refractivity contribution is 8.06. The molecule has 1 N–H and O–H groups in total. The van der Waals surface area contributed by atoms with Gasteiger partial charge in [-0.1, -0.05) is 13.8 Å². The van der Waals surface area contributed by atoms with Gasteiger partial charge in [0.25, 0.3) is 0 Å². The Morgan fingerprint density at radius 1 is 1.26 bits per heavy atom. The lowest BCUT2D eigenvalue weighted by Gasteiger charge is -2.40. The van der Waals surface area contributed by atoms with Crippen LogP contribution in [-0.2, 0) is 9.59 Å². The van der Waals surface area contributed by atoms with E-state index in [0.717, 1.165) is 18.1 Å². The summed E-state index contributed by atoms with van der Waals surface area (Å²) in [5.41, 5.74) is 0. The maximum atomic E-state index is 12.4. The average molecular weight is 302 g/mol. The van der Waals surface area contributed by atoms with Crippen LogP contribution in [0.5, 0.6) is 0 Å². The first kappa shape index (κ1) is 15.0. The van der Waals surface area contributed by atoms with E-state index in [0.29, 0.717) is 18.1 Å². The summed E-state index contributed by atoms with van der Waals surface area (Å²) in [7, 11) is 0. The normalized spacial score (nSPS) is 32.3. The molecule has 4 nitrogen and oxygen atoms in total. The molecule has 2 aliphatic heterocycles. The fourth-order valence-electron chi connectivity index (χ4n) is 2.59. The lowest BCUT2D eigenvalue weighted by Crippen LogP contribution is -2.64. The molecule has 3 unspecified atom stereocenters. The number of rotatable bonds is 4. The van der Waals surface area contributed by atoms with E-state index in [-0.39, 0.29) is 23.9 Å². The van der Waals surface area contributed by atoms with Gasteiger partial charge in [0.1, 0.15) is 12.1 Å². The second kappa shape index (κ2) is 6.88. The van der Waals surface area contributed by atoms with E-state index < -0.39 is 0 Å². The first-order valence-corrected chi connectivity index (χ1v) is 9.17. The van der Waals surface area contributed by atoms with Gasteiger partial charge < -0.3 is 10.2 Å². The molecule has 2 heterocycles. The molecule has 19 heavy (non-hydrogen) atoms. The maximum Gasteiger partial charge on any atom is 0.245 e. The van der Waals surface area contributed by atoms with Crippen molar-refractivity contribution in [3.8, 4) is 0 Å². The smallest absolute Gasteiger partial charge is 0.245 e. The molecule has 2 rings (SSSR count). The summed E-state index contributed by atoms with van der Waals surface area (Å²) in [5.74, 6) is 3.55. The summed E-state index contributed by atoms with van der Waals surface area (Å²) >= 11 is 3.88. The standard InChI is InChI=1S/C13H22N2O2S2/c1-3-10-13(17)15(11(4-2)12(16)14-10)7-9-8-18-5-6-19-9/h9-11H,3-8H2,1-2H3,(H,14,16). The molecule has 0 bridgehead atoms. The number of hydrogen-bond acceptors (Lipinski definition) is 4. The van der Waals surface area contributed by atoms with Crippen LogP contribution < -0.4 is 5.32 Å². The van der Waals surface area contributed by atoms with Crippen molar-refractivity contribution in [2.45, 2.75) is 44.0 Å². The zero-order valence-corrected chi connectivity index (χ0v) is 13.2. The van der Waals surface area contributed by atoms with E-state index in [1.807, 2.05) is 42.3 Å². The molecule has 0 aromatic rings. The topological polar surface area (TPSA) is 49.4 Å². The van der Waals surface area contributed by atoms with E-state index >= 15 is 0 Å². The molecule has 3 atom stereocenters. The highest BCUT2D eigenvalue weighted by Crippen LogP contribution is 2.26. The fourth-order valence-corrected chi connectivity index (χ4v) is 5.25. The van der Waals surface area contributed by atoms with Crippen molar-refractivity contribution in [1.82, 2.24) is 10.2 Å². The van der Waals surface area contributed by atoms with Crippen LogP contribution in [0.15, 0.2) is 0 Å². The third kappa shape index (κ3) is 3.40. The lowest BCUT2D eigenvalue weighted by molar-refractivity contribution is -0.149. The lowest BCUT2D eigenvalue weighted by atomic mass is 10.0. The molecule has 0 aromatic heterocycles. The number of thioether (sulfide) groups is 2. The Morgan fingerprint density at radius 3 is 2.63 bits per heavy atom. The Bertz CT molecular complexity index is 346. The predicted octanol–water partition coefficient (Wildman–Crippen LogP) is 1.35. The Balaban J connectivity index is 2.07. The number of nitrogens with zero attached hydrogens (tertiary/aromatic N) is 1. The SMILES string of the molecule is CCC1NC(=O)C(CC)N(CC2CSCCS2)C1=O. The molecular weight excluding hydrogens is 280 g/mol. The van der Waals surface area contributed by atoms with Gasteiger partial charge in [-0.25, -0.2) is 0 Å². The van der Waals surface area contributed by atoms with Crippen LogP contribution in [0.25, 0.3) is 0 Å². The van der Waals surface area contributed by atoms with Crippen LogP contribution in [0.4, 0.5) is 0 Å². The number of hydrogen-bond donors (Lipinski definition) is 1. The van der Waals surface area contributed by atoms with Gasteiger partial charge in [0.15, 0.2) is 0 Å². The number of carbonyl (C=O) groups is 2. The molecule has 0 aromatic carbocycles. The first-order chi connectivity index (χ1) is 9.17. The third-order valence-corrected chi connectivity index (χ3v) is 6.48. The van der Waals surface area contributed by atoms with Gasteiger partial charge in [0.2, 0.25) is 11.8 Å². The van der Waals surface area contributed by atoms with Crippen molar-refractivity contribution in [2.24, 2.45) is 0 Å². The van der Waals surface area contributed by atoms with Gasteiger partial charge in [0.05, 0.1) is 0 Å². The average Bonchev–Trinajstić information content (AvgIpc) is 2.44. The quantitative estimate of drug-likeness (QED) is 0.852. The van der Waals surface area contributed by atoms with E-state index in [2.05, 4.69) is 5.32 Å². The van der Waals surface area contributed by atoms with Gasteiger partial charge in [0, 0.05) is 29.1 Å². The number of carbonyl (C=O) groups excluding carboxylic acids is 2. The molecule has 2 fully saturated rings. The third-order valence-electron chi connectivity index (χ3n) is 3.66. The summed E-state index contributed by atoms with van der Waals surface area (Å²) in [4.78, 5) is 26.3. The number of nitrogens with one attached hydrogen (secondary N) is 1. The van der Waals surface area contributed by atoms with Crippen LogP contribution in [0, 0.1) is 0 Å². The molecule has 0 radical (unpaired) electrons. The summed E-state index contributed by atoms with van der Waals surface area (Å²) < 4.78 is 0. The van der Waals surface area contributed by atoms with Crippen molar-refractivity contribution < 1.29 is 9.59 Å². The molecule has 2 amide bonds. The molecule has 0 aliphatic carbocycles. The molecule has 2 aliphatic rings. The van der Waals surface area contributed by atoms with Crippen molar-refractivity contribution in [3.63, 3.8) is 0 Å². The molecular formula is C13H22N2O2S2. The second-order valence-corrected chi connectivity index (χ2v) is 7.51. The van der Waals surface area contributed by atoms with Crippen LogP contribution in [0.2, 0.25) is 0 Å². The fraction of sp³-hybridized carbons (Fsp3) is 0.846. The summed E-state index contributed by atoms with van der Waals surface area (Å²) in [6.07, 6.45) is 1.36. The zero-order chi connectivity index (χ0) is 13.8. The Kier molecular flexibility index (Phi) is 5.45. The van der Waals surface area contributed by atoms with E-state index in [4.69, 9.17) is 0 Å². The van der Waals surface area contributed by atoms with Gasteiger partial charge >= 0.3 is 0 Å². The van der Waals surface area contributed by atoms with Crippen molar-refractivity contribution in [1.29, 1.82) is 0 Å². The predicted molar refractivity (Wildman–Crippen MR) is 81.6 cm³/mol. The van der Waals surface area contributed by atoms with Gasteiger partial charge in [-0.2, -0.15) is 23.5 Å². The van der Waals surface area contributed by atoms with Gasteiger partial charge in [-0.05, 0) is 12.8 Å². The Labute approximate surface area is 123 Å².